The van der Waals surface area contributed by atoms with Gasteiger partial charge in [0.05, 0.1) is 0 Å². The lowest BCUT2D eigenvalue weighted by atomic mass is 10.1. The number of carbonyl (C=O) groups excluding carboxylic acids is 1. The van der Waals surface area contributed by atoms with Gasteiger partial charge in [0.1, 0.15) is 17.5 Å². The molecule has 0 aliphatic carbocycles. The maximum absolute atomic E-state index is 13.7. The van der Waals surface area contributed by atoms with Crippen molar-refractivity contribution >= 4 is 11.6 Å². The van der Waals surface area contributed by atoms with E-state index in [0.717, 1.165) is 0 Å². The molecule has 0 aromatic heterocycles. The molecule has 0 fully saturated rings. The Labute approximate surface area is 106 Å². The minimum atomic E-state index is -0.710. The summed E-state index contributed by atoms with van der Waals surface area (Å²) in [5, 5.41) is 5.23. The van der Waals surface area contributed by atoms with Crippen molar-refractivity contribution in [3.8, 4) is 0 Å². The Balaban J connectivity index is 2.85. The fraction of sp³-hybridized carbons (Fsp3) is 0.462. The molecule has 0 spiro atoms. The first-order chi connectivity index (χ1) is 8.32. The van der Waals surface area contributed by atoms with Crippen LogP contribution in [0.3, 0.4) is 0 Å². The smallest absolute Gasteiger partial charge is 0.242 e. The van der Waals surface area contributed by atoms with E-state index in [0.29, 0.717) is 5.56 Å². The standard InChI is InChI=1S/C13H18F2N2O/c1-7(2)16-13(18)9(4)17-12-10(14)6-5-8(3)11(12)15/h5-7,9,17H,1-4H3,(H,16,18). The average Bonchev–Trinajstić information content (AvgIpc) is 2.28. The molecule has 0 radical (unpaired) electrons. The van der Waals surface area contributed by atoms with E-state index < -0.39 is 17.7 Å². The average molecular weight is 256 g/mol. The molecule has 5 heteroatoms. The van der Waals surface area contributed by atoms with E-state index in [9.17, 15) is 13.6 Å². The van der Waals surface area contributed by atoms with Gasteiger partial charge in [-0.1, -0.05) is 6.07 Å². The van der Waals surface area contributed by atoms with Gasteiger partial charge in [-0.3, -0.25) is 4.79 Å². The molecule has 0 saturated carbocycles. The molecule has 0 aliphatic rings. The number of amides is 1. The van der Waals surface area contributed by atoms with E-state index in [1.807, 2.05) is 13.8 Å². The number of hydrogen-bond acceptors (Lipinski definition) is 2. The zero-order valence-corrected chi connectivity index (χ0v) is 11.0. The molecule has 1 aromatic rings. The summed E-state index contributed by atoms with van der Waals surface area (Å²) < 4.78 is 27.2. The largest absolute Gasteiger partial charge is 0.369 e. The van der Waals surface area contributed by atoms with Gasteiger partial charge in [0.25, 0.3) is 0 Å². The number of halogens is 2. The predicted octanol–water partition coefficient (Wildman–Crippen LogP) is 2.60. The Morgan fingerprint density at radius 2 is 1.83 bits per heavy atom. The first-order valence-corrected chi connectivity index (χ1v) is 5.84. The minimum Gasteiger partial charge on any atom is -0.369 e. The van der Waals surface area contributed by atoms with Gasteiger partial charge in [0.2, 0.25) is 5.91 Å². The Hall–Kier alpha value is -1.65. The number of benzene rings is 1. The summed E-state index contributed by atoms with van der Waals surface area (Å²) in [5.74, 6) is -1.67. The van der Waals surface area contributed by atoms with Crippen LogP contribution in [0.5, 0.6) is 0 Å². The van der Waals surface area contributed by atoms with Crippen molar-refractivity contribution < 1.29 is 13.6 Å². The summed E-state index contributed by atoms with van der Waals surface area (Å²) in [5.41, 5.74) is 0.0665. The van der Waals surface area contributed by atoms with Crippen LogP contribution in [0, 0.1) is 18.6 Å². The van der Waals surface area contributed by atoms with Crippen molar-refractivity contribution in [3.63, 3.8) is 0 Å². The van der Waals surface area contributed by atoms with E-state index in [-0.39, 0.29) is 17.6 Å². The van der Waals surface area contributed by atoms with Crippen molar-refractivity contribution in [2.75, 3.05) is 5.32 Å². The van der Waals surface area contributed by atoms with E-state index >= 15 is 0 Å². The van der Waals surface area contributed by atoms with Crippen molar-refractivity contribution in [2.45, 2.75) is 39.8 Å². The topological polar surface area (TPSA) is 41.1 Å². The highest BCUT2D eigenvalue weighted by atomic mass is 19.1. The van der Waals surface area contributed by atoms with Crippen LogP contribution in [0.15, 0.2) is 12.1 Å². The molecule has 1 unspecified atom stereocenters. The van der Waals surface area contributed by atoms with E-state index in [4.69, 9.17) is 0 Å². The molecule has 1 aromatic carbocycles. The normalized spacial score (nSPS) is 12.4. The van der Waals surface area contributed by atoms with Gasteiger partial charge in [-0.25, -0.2) is 8.78 Å². The van der Waals surface area contributed by atoms with E-state index in [2.05, 4.69) is 10.6 Å². The van der Waals surface area contributed by atoms with Gasteiger partial charge >= 0.3 is 0 Å². The highest BCUT2D eigenvalue weighted by molar-refractivity contribution is 5.84. The number of hydrogen-bond donors (Lipinski definition) is 2. The van der Waals surface area contributed by atoms with Crippen molar-refractivity contribution in [2.24, 2.45) is 0 Å². The highest BCUT2D eigenvalue weighted by Gasteiger charge is 2.18. The third kappa shape index (κ3) is 3.42. The van der Waals surface area contributed by atoms with Crippen LogP contribution in [0.2, 0.25) is 0 Å². The van der Waals surface area contributed by atoms with Crippen molar-refractivity contribution in [1.29, 1.82) is 0 Å². The molecule has 1 atom stereocenters. The molecule has 2 N–H and O–H groups in total. The van der Waals surface area contributed by atoms with Gasteiger partial charge < -0.3 is 10.6 Å². The quantitative estimate of drug-likeness (QED) is 0.869. The number of carbonyl (C=O) groups is 1. The van der Waals surface area contributed by atoms with Gasteiger partial charge in [-0.05, 0) is 39.3 Å². The molecule has 0 aliphatic heterocycles. The SMILES string of the molecule is Cc1ccc(F)c(NC(C)C(=O)NC(C)C)c1F. The Morgan fingerprint density at radius 3 is 2.39 bits per heavy atom. The molecule has 18 heavy (non-hydrogen) atoms. The first kappa shape index (κ1) is 14.4. The summed E-state index contributed by atoms with van der Waals surface area (Å²) in [6.07, 6.45) is 0. The van der Waals surface area contributed by atoms with Crippen molar-refractivity contribution in [3.05, 3.63) is 29.3 Å². The summed E-state index contributed by atoms with van der Waals surface area (Å²) in [6, 6.07) is 1.80. The Bertz CT molecular complexity index is 447. The van der Waals surface area contributed by atoms with Crippen LogP contribution in [-0.4, -0.2) is 18.0 Å². The third-order valence-corrected chi connectivity index (χ3v) is 2.47. The van der Waals surface area contributed by atoms with E-state index in [1.165, 1.54) is 12.1 Å². The maximum Gasteiger partial charge on any atom is 0.242 e. The fourth-order valence-electron chi connectivity index (χ4n) is 1.48. The second kappa shape index (κ2) is 5.80. The zero-order valence-electron chi connectivity index (χ0n) is 11.0. The highest BCUT2D eigenvalue weighted by Crippen LogP contribution is 2.22. The second-order valence-corrected chi connectivity index (χ2v) is 4.58. The lowest BCUT2D eigenvalue weighted by Crippen LogP contribution is -2.41. The molecule has 0 heterocycles. The van der Waals surface area contributed by atoms with Gasteiger partial charge in [-0.2, -0.15) is 0 Å². The molecule has 0 bridgehead atoms. The summed E-state index contributed by atoms with van der Waals surface area (Å²) in [4.78, 5) is 11.6. The van der Waals surface area contributed by atoms with Gasteiger partial charge in [0, 0.05) is 6.04 Å². The van der Waals surface area contributed by atoms with Crippen LogP contribution in [0.25, 0.3) is 0 Å². The number of anilines is 1. The second-order valence-electron chi connectivity index (χ2n) is 4.58. The Kier molecular flexibility index (Phi) is 4.64. The zero-order chi connectivity index (χ0) is 13.9. The molecular formula is C13H18F2N2O. The number of aryl methyl sites for hydroxylation is 1. The third-order valence-electron chi connectivity index (χ3n) is 2.47. The monoisotopic (exact) mass is 256 g/mol. The molecule has 100 valence electrons. The van der Waals surface area contributed by atoms with Crippen LogP contribution in [0.4, 0.5) is 14.5 Å². The van der Waals surface area contributed by atoms with Crippen LogP contribution >= 0.6 is 0 Å². The maximum atomic E-state index is 13.7. The van der Waals surface area contributed by atoms with Crippen molar-refractivity contribution in [1.82, 2.24) is 5.32 Å². The van der Waals surface area contributed by atoms with Gasteiger partial charge in [0.15, 0.2) is 5.82 Å². The number of nitrogens with one attached hydrogen (secondary N) is 2. The van der Waals surface area contributed by atoms with Crippen LogP contribution < -0.4 is 10.6 Å². The van der Waals surface area contributed by atoms with Crippen LogP contribution in [0.1, 0.15) is 26.3 Å². The summed E-state index contributed by atoms with van der Waals surface area (Å²) >= 11 is 0. The summed E-state index contributed by atoms with van der Waals surface area (Å²) in [7, 11) is 0. The number of rotatable bonds is 4. The molecule has 1 amide bonds. The van der Waals surface area contributed by atoms with E-state index in [1.54, 1.807) is 13.8 Å². The summed E-state index contributed by atoms with van der Waals surface area (Å²) in [6.45, 7) is 6.73. The van der Waals surface area contributed by atoms with Crippen LogP contribution in [-0.2, 0) is 4.79 Å². The molecule has 1 rings (SSSR count). The Morgan fingerprint density at radius 1 is 1.22 bits per heavy atom. The fourth-order valence-corrected chi connectivity index (χ4v) is 1.48. The predicted molar refractivity (Wildman–Crippen MR) is 67.5 cm³/mol. The minimum absolute atomic E-state index is 0.0195. The lowest BCUT2D eigenvalue weighted by Gasteiger charge is -2.18. The molecule has 0 saturated heterocycles. The molecular weight excluding hydrogens is 238 g/mol. The lowest BCUT2D eigenvalue weighted by molar-refractivity contribution is -0.122. The molecule has 3 nitrogen and oxygen atoms in total. The van der Waals surface area contributed by atoms with Gasteiger partial charge in [-0.15, -0.1) is 0 Å². The first-order valence-electron chi connectivity index (χ1n) is 5.84.